The normalized spacial score (nSPS) is 28.8. The number of anilines is 1. The monoisotopic (exact) mass is 379 g/mol. The number of nitrogens with zero attached hydrogens (tertiary/aromatic N) is 3. The SMILES string of the molecule is CCNC(=NCCNc1ccc2ccccc2n1)N1CC2C3CCC(O3)C2C1. The summed E-state index contributed by atoms with van der Waals surface area (Å²) in [5, 5.41) is 8.05. The van der Waals surface area contributed by atoms with Crippen LogP contribution in [0.25, 0.3) is 10.9 Å². The number of aliphatic imine (C=N–C) groups is 1. The molecule has 3 fully saturated rings. The molecule has 0 radical (unpaired) electrons. The van der Waals surface area contributed by atoms with Crippen LogP contribution in [0.15, 0.2) is 41.4 Å². The molecular weight excluding hydrogens is 350 g/mol. The third-order valence-electron chi connectivity index (χ3n) is 6.37. The van der Waals surface area contributed by atoms with E-state index in [4.69, 9.17) is 9.73 Å². The molecule has 2 aromatic rings. The molecule has 4 unspecified atom stereocenters. The van der Waals surface area contributed by atoms with Crippen LogP contribution in [-0.2, 0) is 4.74 Å². The lowest BCUT2D eigenvalue weighted by Crippen LogP contribution is -2.41. The van der Waals surface area contributed by atoms with E-state index in [0.29, 0.717) is 24.0 Å². The van der Waals surface area contributed by atoms with Gasteiger partial charge in [-0.25, -0.2) is 4.98 Å². The fourth-order valence-electron chi connectivity index (χ4n) is 5.07. The highest BCUT2D eigenvalue weighted by atomic mass is 16.5. The molecule has 5 rings (SSSR count). The number of ether oxygens (including phenoxy) is 1. The van der Waals surface area contributed by atoms with E-state index in [1.807, 2.05) is 24.3 Å². The number of hydrogen-bond donors (Lipinski definition) is 2. The molecule has 148 valence electrons. The number of para-hydroxylation sites is 1. The van der Waals surface area contributed by atoms with E-state index in [1.54, 1.807) is 0 Å². The summed E-state index contributed by atoms with van der Waals surface area (Å²) in [5.41, 5.74) is 1.02. The molecule has 6 nitrogen and oxygen atoms in total. The van der Waals surface area contributed by atoms with Gasteiger partial charge in [0, 0.05) is 43.4 Å². The van der Waals surface area contributed by atoms with Gasteiger partial charge >= 0.3 is 0 Å². The maximum Gasteiger partial charge on any atom is 0.193 e. The zero-order chi connectivity index (χ0) is 18.9. The summed E-state index contributed by atoms with van der Waals surface area (Å²) in [6.45, 7) is 6.69. The Balaban J connectivity index is 1.19. The van der Waals surface area contributed by atoms with E-state index < -0.39 is 0 Å². The second-order valence-corrected chi connectivity index (χ2v) is 8.07. The average molecular weight is 380 g/mol. The van der Waals surface area contributed by atoms with Gasteiger partial charge < -0.3 is 20.3 Å². The second-order valence-electron chi connectivity index (χ2n) is 8.07. The fraction of sp³-hybridized carbons (Fsp3) is 0.545. The van der Waals surface area contributed by atoms with Gasteiger partial charge in [0.2, 0.25) is 0 Å². The van der Waals surface area contributed by atoms with Crippen molar-refractivity contribution in [2.45, 2.75) is 32.0 Å². The van der Waals surface area contributed by atoms with Gasteiger partial charge in [-0.15, -0.1) is 0 Å². The van der Waals surface area contributed by atoms with E-state index in [-0.39, 0.29) is 0 Å². The number of aromatic nitrogens is 1. The minimum Gasteiger partial charge on any atom is -0.374 e. The van der Waals surface area contributed by atoms with Crippen LogP contribution in [0.4, 0.5) is 5.82 Å². The summed E-state index contributed by atoms with van der Waals surface area (Å²) in [4.78, 5) is 12.0. The van der Waals surface area contributed by atoms with E-state index >= 15 is 0 Å². The Morgan fingerprint density at radius 1 is 1.14 bits per heavy atom. The molecule has 4 atom stereocenters. The van der Waals surface area contributed by atoms with Crippen molar-refractivity contribution in [3.63, 3.8) is 0 Å². The molecule has 0 amide bonds. The lowest BCUT2D eigenvalue weighted by Gasteiger charge is -2.23. The first-order valence-corrected chi connectivity index (χ1v) is 10.6. The van der Waals surface area contributed by atoms with Crippen molar-refractivity contribution in [3.8, 4) is 0 Å². The second kappa shape index (κ2) is 7.59. The minimum absolute atomic E-state index is 0.489. The van der Waals surface area contributed by atoms with Gasteiger partial charge in [-0.2, -0.15) is 0 Å². The topological polar surface area (TPSA) is 61.8 Å². The molecular formula is C22H29N5O. The number of pyridine rings is 1. The number of hydrogen-bond acceptors (Lipinski definition) is 4. The predicted octanol–water partition coefficient (Wildman–Crippen LogP) is 2.72. The van der Waals surface area contributed by atoms with Gasteiger partial charge in [0.1, 0.15) is 5.82 Å². The molecule has 3 aliphatic heterocycles. The van der Waals surface area contributed by atoms with Gasteiger partial charge in [-0.1, -0.05) is 18.2 Å². The molecule has 0 saturated carbocycles. The Morgan fingerprint density at radius 2 is 1.93 bits per heavy atom. The average Bonchev–Trinajstić information content (AvgIpc) is 3.43. The zero-order valence-corrected chi connectivity index (χ0v) is 16.5. The lowest BCUT2D eigenvalue weighted by atomic mass is 9.82. The Morgan fingerprint density at radius 3 is 2.71 bits per heavy atom. The van der Waals surface area contributed by atoms with E-state index in [1.165, 1.54) is 12.8 Å². The minimum atomic E-state index is 0.489. The van der Waals surface area contributed by atoms with Crippen LogP contribution in [0, 0.1) is 11.8 Å². The fourth-order valence-corrected chi connectivity index (χ4v) is 5.07. The maximum atomic E-state index is 6.10. The number of fused-ring (bicyclic) bond motifs is 6. The summed E-state index contributed by atoms with van der Waals surface area (Å²) in [5.74, 6) is 3.35. The zero-order valence-electron chi connectivity index (χ0n) is 16.5. The molecule has 0 spiro atoms. The number of likely N-dealkylation sites (tertiary alicyclic amines) is 1. The highest BCUT2D eigenvalue weighted by Gasteiger charge is 2.53. The van der Waals surface area contributed by atoms with Crippen molar-refractivity contribution in [2.24, 2.45) is 16.8 Å². The third-order valence-corrected chi connectivity index (χ3v) is 6.37. The van der Waals surface area contributed by atoms with Gasteiger partial charge in [-0.05, 0) is 38.0 Å². The lowest BCUT2D eigenvalue weighted by molar-refractivity contribution is 0.0767. The Bertz CT molecular complexity index is 851. The molecule has 1 aromatic carbocycles. The summed E-state index contributed by atoms with van der Waals surface area (Å²) < 4.78 is 6.10. The predicted molar refractivity (Wildman–Crippen MR) is 113 cm³/mol. The highest BCUT2D eigenvalue weighted by Crippen LogP contribution is 2.47. The number of benzene rings is 1. The van der Waals surface area contributed by atoms with E-state index in [2.05, 4.69) is 39.6 Å². The Hall–Kier alpha value is -2.34. The molecule has 3 aliphatic rings. The summed E-state index contributed by atoms with van der Waals surface area (Å²) in [6.07, 6.45) is 3.47. The first-order valence-electron chi connectivity index (χ1n) is 10.6. The van der Waals surface area contributed by atoms with Crippen LogP contribution >= 0.6 is 0 Å². The van der Waals surface area contributed by atoms with Crippen LogP contribution in [0.1, 0.15) is 19.8 Å². The van der Waals surface area contributed by atoms with Crippen molar-refractivity contribution in [1.82, 2.24) is 15.2 Å². The van der Waals surface area contributed by atoms with Crippen LogP contribution < -0.4 is 10.6 Å². The van der Waals surface area contributed by atoms with Crippen LogP contribution in [-0.4, -0.2) is 60.8 Å². The molecule has 1 aromatic heterocycles. The van der Waals surface area contributed by atoms with E-state index in [0.717, 1.165) is 55.4 Å². The standard InChI is InChI=1S/C22H29N5O/c1-2-23-22(27-13-16-17(14-27)20-9-8-19(16)28-20)25-12-11-24-21-10-7-15-5-3-4-6-18(15)26-21/h3-7,10,16-17,19-20H,2,8-9,11-14H2,1H3,(H,23,25)(H,24,26). The number of rotatable bonds is 5. The van der Waals surface area contributed by atoms with Crippen molar-refractivity contribution < 1.29 is 4.74 Å². The quantitative estimate of drug-likeness (QED) is 0.475. The summed E-state index contributed by atoms with van der Waals surface area (Å²) in [6, 6.07) is 12.3. The Labute approximate surface area is 166 Å². The molecule has 4 heterocycles. The highest BCUT2D eigenvalue weighted by molar-refractivity contribution is 5.81. The van der Waals surface area contributed by atoms with Gasteiger partial charge in [0.15, 0.2) is 5.96 Å². The summed E-state index contributed by atoms with van der Waals surface area (Å²) >= 11 is 0. The van der Waals surface area contributed by atoms with Gasteiger partial charge in [0.25, 0.3) is 0 Å². The molecule has 3 saturated heterocycles. The molecule has 0 aliphatic carbocycles. The number of nitrogens with one attached hydrogen (secondary N) is 2. The maximum absolute atomic E-state index is 6.10. The summed E-state index contributed by atoms with van der Waals surface area (Å²) in [7, 11) is 0. The Kier molecular flexibility index (Phi) is 4.81. The largest absolute Gasteiger partial charge is 0.374 e. The first kappa shape index (κ1) is 17.7. The van der Waals surface area contributed by atoms with Crippen molar-refractivity contribution >= 4 is 22.7 Å². The number of guanidine groups is 1. The molecule has 2 N–H and O–H groups in total. The van der Waals surface area contributed by atoms with Gasteiger partial charge in [-0.3, -0.25) is 4.99 Å². The van der Waals surface area contributed by atoms with Gasteiger partial charge in [0.05, 0.1) is 24.3 Å². The smallest absolute Gasteiger partial charge is 0.193 e. The molecule has 6 heteroatoms. The third kappa shape index (κ3) is 3.30. The van der Waals surface area contributed by atoms with Crippen LogP contribution in [0.5, 0.6) is 0 Å². The van der Waals surface area contributed by atoms with Crippen molar-refractivity contribution in [1.29, 1.82) is 0 Å². The molecule has 28 heavy (non-hydrogen) atoms. The molecule has 2 bridgehead atoms. The van der Waals surface area contributed by atoms with Crippen molar-refractivity contribution in [3.05, 3.63) is 36.4 Å². The van der Waals surface area contributed by atoms with E-state index in [9.17, 15) is 0 Å². The first-order chi connectivity index (χ1) is 13.8. The van der Waals surface area contributed by atoms with Crippen LogP contribution in [0.3, 0.4) is 0 Å². The van der Waals surface area contributed by atoms with Crippen LogP contribution in [0.2, 0.25) is 0 Å². The van der Waals surface area contributed by atoms with Crippen molar-refractivity contribution in [2.75, 3.05) is 38.0 Å².